The monoisotopic (exact) mass is 329 g/mol. The molecule has 0 radical (unpaired) electrons. The fourth-order valence-electron chi connectivity index (χ4n) is 2.04. The van der Waals surface area contributed by atoms with Crippen molar-refractivity contribution < 1.29 is 13.2 Å². The minimum Gasteiger partial charge on any atom is -0.352 e. The van der Waals surface area contributed by atoms with Gasteiger partial charge in [0.05, 0.1) is 5.75 Å². The van der Waals surface area contributed by atoms with E-state index < -0.39 is 9.84 Å². The van der Waals surface area contributed by atoms with Gasteiger partial charge in [-0.05, 0) is 28.8 Å². The lowest BCUT2D eigenvalue weighted by Crippen LogP contribution is -2.27. The van der Waals surface area contributed by atoms with E-state index in [2.05, 4.69) is 5.32 Å². The summed E-state index contributed by atoms with van der Waals surface area (Å²) in [6.07, 6.45) is 4.26. The van der Waals surface area contributed by atoms with E-state index in [0.717, 1.165) is 22.9 Å². The molecular formula is C18H19NO3S. The van der Waals surface area contributed by atoms with E-state index in [1.807, 2.05) is 54.6 Å². The first-order chi connectivity index (χ1) is 10.9. The molecule has 23 heavy (non-hydrogen) atoms. The zero-order chi connectivity index (χ0) is 16.7. The number of hydrogen-bond acceptors (Lipinski definition) is 3. The summed E-state index contributed by atoms with van der Waals surface area (Å²) in [5, 5.41) is 2.55. The lowest BCUT2D eigenvalue weighted by atomic mass is 10.0. The van der Waals surface area contributed by atoms with Gasteiger partial charge in [0.1, 0.15) is 9.84 Å². The van der Waals surface area contributed by atoms with Gasteiger partial charge in [0.15, 0.2) is 0 Å². The van der Waals surface area contributed by atoms with Gasteiger partial charge >= 0.3 is 0 Å². The Morgan fingerprint density at radius 3 is 2.43 bits per heavy atom. The molecule has 120 valence electrons. The smallest absolute Gasteiger partial charge is 0.244 e. The molecule has 0 aliphatic carbocycles. The molecule has 0 fully saturated rings. The second-order valence-corrected chi connectivity index (χ2v) is 7.51. The number of benzene rings is 2. The van der Waals surface area contributed by atoms with Crippen LogP contribution in [0.15, 0.2) is 60.7 Å². The van der Waals surface area contributed by atoms with Crippen molar-refractivity contribution in [3.05, 3.63) is 66.2 Å². The van der Waals surface area contributed by atoms with Crippen molar-refractivity contribution in [2.75, 3.05) is 18.6 Å². The topological polar surface area (TPSA) is 63.2 Å². The SMILES string of the molecule is CS(=O)(=O)CCNC(=O)C=Cc1cccc(-c2ccccc2)c1. The Kier molecular flexibility index (Phi) is 5.71. The molecule has 0 unspecified atom stereocenters. The van der Waals surface area contributed by atoms with Crippen LogP contribution in [0, 0.1) is 0 Å². The average Bonchev–Trinajstić information content (AvgIpc) is 2.53. The first-order valence-electron chi connectivity index (χ1n) is 7.23. The maximum Gasteiger partial charge on any atom is 0.244 e. The predicted octanol–water partition coefficient (Wildman–Crippen LogP) is 2.53. The Morgan fingerprint density at radius 1 is 1.04 bits per heavy atom. The van der Waals surface area contributed by atoms with Gasteiger partial charge in [-0.15, -0.1) is 0 Å². The predicted molar refractivity (Wildman–Crippen MR) is 93.6 cm³/mol. The second-order valence-electron chi connectivity index (χ2n) is 5.25. The van der Waals surface area contributed by atoms with Crippen LogP contribution in [0.5, 0.6) is 0 Å². The van der Waals surface area contributed by atoms with Gasteiger partial charge in [-0.1, -0.05) is 48.5 Å². The molecule has 0 atom stereocenters. The Labute approximate surface area is 136 Å². The summed E-state index contributed by atoms with van der Waals surface area (Å²) in [6, 6.07) is 17.8. The first-order valence-corrected chi connectivity index (χ1v) is 9.29. The highest BCUT2D eigenvalue weighted by atomic mass is 32.2. The first kappa shape index (κ1) is 17.0. The molecule has 0 aliphatic rings. The summed E-state index contributed by atoms with van der Waals surface area (Å²) >= 11 is 0. The van der Waals surface area contributed by atoms with E-state index in [9.17, 15) is 13.2 Å². The summed E-state index contributed by atoms with van der Waals surface area (Å²) in [5.74, 6) is -0.366. The van der Waals surface area contributed by atoms with Gasteiger partial charge in [-0.3, -0.25) is 4.79 Å². The largest absolute Gasteiger partial charge is 0.352 e. The van der Waals surface area contributed by atoms with Gasteiger partial charge in [-0.2, -0.15) is 0 Å². The Balaban J connectivity index is 1.99. The Hall–Kier alpha value is -2.40. The van der Waals surface area contributed by atoms with Gasteiger partial charge in [0.25, 0.3) is 0 Å². The lowest BCUT2D eigenvalue weighted by molar-refractivity contribution is -0.116. The quantitative estimate of drug-likeness (QED) is 0.828. The molecule has 0 spiro atoms. The maximum atomic E-state index is 11.7. The van der Waals surface area contributed by atoms with Gasteiger partial charge in [0, 0.05) is 18.9 Å². The molecule has 0 saturated carbocycles. The molecule has 0 aliphatic heterocycles. The molecule has 0 aromatic heterocycles. The van der Waals surface area contributed by atoms with Crippen molar-refractivity contribution in [2.45, 2.75) is 0 Å². The van der Waals surface area contributed by atoms with E-state index in [1.165, 1.54) is 6.08 Å². The highest BCUT2D eigenvalue weighted by molar-refractivity contribution is 7.90. The molecule has 4 nitrogen and oxygen atoms in total. The fourth-order valence-corrected chi connectivity index (χ4v) is 2.52. The van der Waals surface area contributed by atoms with E-state index in [-0.39, 0.29) is 18.2 Å². The Bertz CT molecular complexity index is 796. The molecule has 5 heteroatoms. The highest BCUT2D eigenvalue weighted by Crippen LogP contribution is 2.20. The highest BCUT2D eigenvalue weighted by Gasteiger charge is 2.02. The second kappa shape index (κ2) is 7.74. The molecule has 1 N–H and O–H groups in total. The van der Waals surface area contributed by atoms with Crippen molar-refractivity contribution >= 4 is 21.8 Å². The molecule has 1 amide bonds. The summed E-state index contributed by atoms with van der Waals surface area (Å²) < 4.78 is 22.0. The number of carbonyl (C=O) groups excluding carboxylic acids is 1. The fraction of sp³-hybridized carbons (Fsp3) is 0.167. The van der Waals surface area contributed by atoms with E-state index in [1.54, 1.807) is 6.08 Å². The van der Waals surface area contributed by atoms with Crippen LogP contribution < -0.4 is 5.32 Å². The third kappa shape index (κ3) is 6.08. The van der Waals surface area contributed by atoms with Crippen LogP contribution in [0.25, 0.3) is 17.2 Å². The Morgan fingerprint density at radius 2 is 1.74 bits per heavy atom. The molecule has 2 aromatic carbocycles. The van der Waals surface area contributed by atoms with Crippen molar-refractivity contribution in [3.63, 3.8) is 0 Å². The van der Waals surface area contributed by atoms with Gasteiger partial charge in [-0.25, -0.2) is 8.42 Å². The number of sulfone groups is 1. The van der Waals surface area contributed by atoms with Gasteiger partial charge < -0.3 is 5.32 Å². The maximum absolute atomic E-state index is 11.7. The zero-order valence-corrected chi connectivity index (χ0v) is 13.7. The standard InChI is InChI=1S/C18H19NO3S/c1-23(21,22)13-12-19-18(20)11-10-15-6-5-9-17(14-15)16-7-3-2-4-8-16/h2-11,14H,12-13H2,1H3,(H,19,20). The van der Waals surface area contributed by atoms with Crippen LogP contribution in [0.2, 0.25) is 0 Å². The van der Waals surface area contributed by atoms with Crippen LogP contribution in [-0.2, 0) is 14.6 Å². The van der Waals surface area contributed by atoms with Crippen LogP contribution in [-0.4, -0.2) is 32.9 Å². The molecular weight excluding hydrogens is 310 g/mol. The van der Waals surface area contributed by atoms with E-state index >= 15 is 0 Å². The molecule has 0 bridgehead atoms. The molecule has 2 rings (SSSR count). The van der Waals surface area contributed by atoms with Crippen LogP contribution in [0.1, 0.15) is 5.56 Å². The number of hydrogen-bond donors (Lipinski definition) is 1. The summed E-state index contributed by atoms with van der Waals surface area (Å²) in [4.78, 5) is 11.7. The van der Waals surface area contributed by atoms with E-state index in [4.69, 9.17) is 0 Å². The normalized spacial score (nSPS) is 11.5. The number of rotatable bonds is 6. The number of amides is 1. The van der Waals surface area contributed by atoms with Crippen LogP contribution >= 0.6 is 0 Å². The van der Waals surface area contributed by atoms with Crippen molar-refractivity contribution in [3.8, 4) is 11.1 Å². The van der Waals surface area contributed by atoms with Crippen LogP contribution in [0.3, 0.4) is 0 Å². The van der Waals surface area contributed by atoms with Crippen molar-refractivity contribution in [2.24, 2.45) is 0 Å². The zero-order valence-electron chi connectivity index (χ0n) is 12.9. The molecule has 0 saturated heterocycles. The molecule has 0 heterocycles. The summed E-state index contributed by atoms with van der Waals surface area (Å²) in [7, 11) is -3.06. The minimum atomic E-state index is -3.06. The average molecular weight is 329 g/mol. The van der Waals surface area contributed by atoms with Gasteiger partial charge in [0.2, 0.25) is 5.91 Å². The number of nitrogens with one attached hydrogen (secondary N) is 1. The summed E-state index contributed by atoms with van der Waals surface area (Å²) in [5.41, 5.74) is 3.09. The number of carbonyl (C=O) groups is 1. The minimum absolute atomic E-state index is 0.0595. The van der Waals surface area contributed by atoms with Crippen LogP contribution in [0.4, 0.5) is 0 Å². The lowest BCUT2D eigenvalue weighted by Gasteiger charge is -2.03. The van der Waals surface area contributed by atoms with Crippen molar-refractivity contribution in [1.29, 1.82) is 0 Å². The van der Waals surface area contributed by atoms with E-state index in [0.29, 0.717) is 0 Å². The molecule has 2 aromatic rings. The van der Waals surface area contributed by atoms with Crippen molar-refractivity contribution in [1.82, 2.24) is 5.32 Å². The summed E-state index contributed by atoms with van der Waals surface area (Å²) in [6.45, 7) is 0.117. The third-order valence-corrected chi connectivity index (χ3v) is 4.14. The third-order valence-electron chi connectivity index (χ3n) is 3.19.